The molecule has 8 heteroatoms. The first-order valence-electron chi connectivity index (χ1n) is 8.68. The number of hydrogen-bond acceptors (Lipinski definition) is 5. The zero-order chi connectivity index (χ0) is 18.9. The molecule has 2 aromatic rings. The molecule has 1 aromatic carbocycles. The number of rotatable bonds is 9. The van der Waals surface area contributed by atoms with Gasteiger partial charge < -0.3 is 19.9 Å². The van der Waals surface area contributed by atoms with E-state index < -0.39 is 0 Å². The van der Waals surface area contributed by atoms with Crippen molar-refractivity contribution >= 4 is 34.8 Å². The molecule has 0 spiro atoms. The van der Waals surface area contributed by atoms with Crippen molar-refractivity contribution in [2.75, 3.05) is 25.2 Å². The van der Waals surface area contributed by atoms with Crippen LogP contribution >= 0.6 is 24.0 Å². The van der Waals surface area contributed by atoms with Crippen molar-refractivity contribution in [3.63, 3.8) is 0 Å². The van der Waals surface area contributed by atoms with E-state index in [1.807, 2.05) is 30.5 Å². The maximum atomic E-state index is 5.34. The number of benzene rings is 1. The zero-order valence-corrected chi connectivity index (χ0v) is 17.4. The van der Waals surface area contributed by atoms with E-state index in [1.165, 1.54) is 0 Å². The van der Waals surface area contributed by atoms with E-state index in [0.29, 0.717) is 11.0 Å². The first-order chi connectivity index (χ1) is 12.5. The van der Waals surface area contributed by atoms with E-state index in [-0.39, 0.29) is 0 Å². The summed E-state index contributed by atoms with van der Waals surface area (Å²) in [6.07, 6.45) is 3.85. The summed E-state index contributed by atoms with van der Waals surface area (Å²) in [5.74, 6) is 2.43. The van der Waals surface area contributed by atoms with Crippen molar-refractivity contribution in [1.29, 1.82) is 0 Å². The minimum Gasteiger partial charge on any atom is -0.497 e. The van der Waals surface area contributed by atoms with Crippen LogP contribution in [-0.2, 0) is 13.0 Å². The SMILES string of the molecule is COc1ccc(NC(=S)NCCCc2nnc(SC)n2CC(C)C)cc1. The summed E-state index contributed by atoms with van der Waals surface area (Å²) in [5.41, 5.74) is 0.935. The van der Waals surface area contributed by atoms with Crippen LogP contribution in [-0.4, -0.2) is 39.8 Å². The van der Waals surface area contributed by atoms with Gasteiger partial charge in [-0.05, 0) is 55.1 Å². The number of aryl methyl sites for hydroxylation is 1. The van der Waals surface area contributed by atoms with Crippen LogP contribution in [0.1, 0.15) is 26.1 Å². The van der Waals surface area contributed by atoms with Gasteiger partial charge in [0.05, 0.1) is 7.11 Å². The molecule has 2 rings (SSSR count). The molecule has 0 fully saturated rings. The highest BCUT2D eigenvalue weighted by Gasteiger charge is 2.12. The molecular weight excluding hydrogens is 366 g/mol. The van der Waals surface area contributed by atoms with Gasteiger partial charge in [-0.1, -0.05) is 25.6 Å². The van der Waals surface area contributed by atoms with Gasteiger partial charge in [-0.3, -0.25) is 0 Å². The molecule has 0 atom stereocenters. The summed E-state index contributed by atoms with van der Waals surface area (Å²) < 4.78 is 7.37. The van der Waals surface area contributed by atoms with Gasteiger partial charge in [-0.25, -0.2) is 0 Å². The molecule has 6 nitrogen and oxygen atoms in total. The van der Waals surface area contributed by atoms with E-state index in [4.69, 9.17) is 17.0 Å². The number of nitrogens with zero attached hydrogens (tertiary/aromatic N) is 3. The van der Waals surface area contributed by atoms with Crippen molar-refractivity contribution in [1.82, 2.24) is 20.1 Å². The van der Waals surface area contributed by atoms with Crippen molar-refractivity contribution in [2.24, 2.45) is 5.92 Å². The third-order valence-corrected chi connectivity index (χ3v) is 4.65. The molecule has 0 aliphatic carbocycles. The first-order valence-corrected chi connectivity index (χ1v) is 10.3. The quantitative estimate of drug-likeness (QED) is 0.383. The maximum absolute atomic E-state index is 5.34. The summed E-state index contributed by atoms with van der Waals surface area (Å²) in [4.78, 5) is 0. The zero-order valence-electron chi connectivity index (χ0n) is 15.8. The molecule has 0 amide bonds. The second kappa shape index (κ2) is 10.4. The van der Waals surface area contributed by atoms with Gasteiger partial charge in [0, 0.05) is 25.2 Å². The fourth-order valence-electron chi connectivity index (χ4n) is 2.50. The second-order valence-corrected chi connectivity index (χ2v) is 7.50. The Kier molecular flexibility index (Phi) is 8.18. The molecule has 142 valence electrons. The van der Waals surface area contributed by atoms with Gasteiger partial charge in [-0.2, -0.15) is 0 Å². The van der Waals surface area contributed by atoms with Crippen LogP contribution in [0.2, 0.25) is 0 Å². The van der Waals surface area contributed by atoms with Crippen LogP contribution in [0.3, 0.4) is 0 Å². The van der Waals surface area contributed by atoms with E-state index in [0.717, 1.165) is 48.3 Å². The highest BCUT2D eigenvalue weighted by molar-refractivity contribution is 7.98. The van der Waals surface area contributed by atoms with Gasteiger partial charge in [0.1, 0.15) is 11.6 Å². The number of nitrogens with one attached hydrogen (secondary N) is 2. The lowest BCUT2D eigenvalue weighted by molar-refractivity contribution is 0.415. The normalized spacial score (nSPS) is 10.8. The fourth-order valence-corrected chi connectivity index (χ4v) is 3.24. The van der Waals surface area contributed by atoms with Gasteiger partial charge in [0.25, 0.3) is 0 Å². The number of aromatic nitrogens is 3. The summed E-state index contributed by atoms with van der Waals surface area (Å²) >= 11 is 6.98. The smallest absolute Gasteiger partial charge is 0.190 e. The molecule has 0 bridgehead atoms. The van der Waals surface area contributed by atoms with Gasteiger partial charge >= 0.3 is 0 Å². The van der Waals surface area contributed by atoms with Crippen LogP contribution in [0.4, 0.5) is 5.69 Å². The summed E-state index contributed by atoms with van der Waals surface area (Å²) in [5, 5.41) is 16.6. The number of hydrogen-bond donors (Lipinski definition) is 2. The maximum Gasteiger partial charge on any atom is 0.190 e. The lowest BCUT2D eigenvalue weighted by Gasteiger charge is -2.13. The van der Waals surface area contributed by atoms with Crippen molar-refractivity contribution in [2.45, 2.75) is 38.4 Å². The number of thiocarbonyl (C=S) groups is 1. The fraction of sp³-hybridized carbons (Fsp3) is 0.500. The highest BCUT2D eigenvalue weighted by atomic mass is 32.2. The number of anilines is 1. The summed E-state index contributed by atoms with van der Waals surface area (Å²) in [7, 11) is 1.65. The molecule has 0 aliphatic rings. The lowest BCUT2D eigenvalue weighted by atomic mass is 10.2. The summed E-state index contributed by atoms with van der Waals surface area (Å²) in [6, 6.07) is 7.67. The average Bonchev–Trinajstić information content (AvgIpc) is 3.00. The lowest BCUT2D eigenvalue weighted by Crippen LogP contribution is -2.29. The van der Waals surface area contributed by atoms with E-state index in [2.05, 4.69) is 39.2 Å². The van der Waals surface area contributed by atoms with E-state index >= 15 is 0 Å². The highest BCUT2D eigenvalue weighted by Crippen LogP contribution is 2.17. The molecule has 0 aliphatic heterocycles. The Bertz CT molecular complexity index is 700. The molecule has 1 aromatic heterocycles. The Morgan fingerprint density at radius 1 is 1.27 bits per heavy atom. The van der Waals surface area contributed by atoms with Crippen LogP contribution in [0, 0.1) is 5.92 Å². The number of thioether (sulfide) groups is 1. The second-order valence-electron chi connectivity index (χ2n) is 6.32. The predicted molar refractivity (Wildman–Crippen MR) is 112 cm³/mol. The standard InChI is InChI=1S/C18H27N5OS2/c1-13(2)12-23-16(21-22-18(23)26-4)6-5-11-19-17(25)20-14-7-9-15(24-3)10-8-14/h7-10,13H,5-6,11-12H2,1-4H3,(H2,19,20,25). The molecular formula is C18H27N5OS2. The van der Waals surface area contributed by atoms with Crippen LogP contribution in [0.5, 0.6) is 5.75 Å². The Morgan fingerprint density at radius 3 is 2.62 bits per heavy atom. The number of methoxy groups -OCH3 is 1. The topological polar surface area (TPSA) is 64.0 Å². The van der Waals surface area contributed by atoms with Crippen molar-refractivity contribution in [3.05, 3.63) is 30.1 Å². The molecule has 0 radical (unpaired) electrons. The minimum atomic E-state index is 0.565. The average molecular weight is 394 g/mol. The van der Waals surface area contributed by atoms with Crippen LogP contribution in [0.15, 0.2) is 29.4 Å². The minimum absolute atomic E-state index is 0.565. The third-order valence-electron chi connectivity index (χ3n) is 3.73. The van der Waals surface area contributed by atoms with Gasteiger partial charge in [0.2, 0.25) is 0 Å². The molecule has 2 N–H and O–H groups in total. The molecule has 0 saturated carbocycles. The van der Waals surface area contributed by atoms with Crippen molar-refractivity contribution < 1.29 is 4.74 Å². The molecule has 0 saturated heterocycles. The molecule has 0 unspecified atom stereocenters. The Hall–Kier alpha value is -1.80. The Balaban J connectivity index is 1.77. The summed E-state index contributed by atoms with van der Waals surface area (Å²) in [6.45, 7) is 6.14. The Labute approximate surface area is 165 Å². The van der Waals surface area contributed by atoms with Gasteiger partial charge in [-0.15, -0.1) is 10.2 Å². The van der Waals surface area contributed by atoms with Crippen LogP contribution in [0.25, 0.3) is 0 Å². The monoisotopic (exact) mass is 393 g/mol. The first kappa shape index (κ1) is 20.5. The molecule has 26 heavy (non-hydrogen) atoms. The van der Waals surface area contributed by atoms with E-state index in [9.17, 15) is 0 Å². The Morgan fingerprint density at radius 2 is 2.00 bits per heavy atom. The predicted octanol–water partition coefficient (Wildman–Crippen LogP) is 3.58. The molecule has 1 heterocycles. The van der Waals surface area contributed by atoms with Crippen LogP contribution < -0.4 is 15.4 Å². The van der Waals surface area contributed by atoms with E-state index in [1.54, 1.807) is 18.9 Å². The van der Waals surface area contributed by atoms with Crippen molar-refractivity contribution in [3.8, 4) is 5.75 Å². The number of ether oxygens (including phenoxy) is 1. The largest absolute Gasteiger partial charge is 0.497 e. The van der Waals surface area contributed by atoms with Gasteiger partial charge in [0.15, 0.2) is 10.3 Å². The third kappa shape index (κ3) is 6.17.